The van der Waals surface area contributed by atoms with Gasteiger partial charge in [-0.2, -0.15) is 0 Å². The molecular weight excluding hydrogens is 242 g/mol. The van der Waals surface area contributed by atoms with Gasteiger partial charge in [-0.1, -0.05) is 50.6 Å². The van der Waals surface area contributed by atoms with Crippen molar-refractivity contribution < 1.29 is 14.6 Å². The lowest BCUT2D eigenvalue weighted by Gasteiger charge is -2.25. The highest BCUT2D eigenvalue weighted by Crippen LogP contribution is 2.19. The van der Waals surface area contributed by atoms with Gasteiger partial charge >= 0.3 is 5.97 Å². The van der Waals surface area contributed by atoms with Crippen molar-refractivity contribution in [2.24, 2.45) is 11.7 Å². The Morgan fingerprint density at radius 2 is 2.05 bits per heavy atom. The van der Waals surface area contributed by atoms with Crippen molar-refractivity contribution in [1.29, 1.82) is 0 Å². The Bertz CT molecular complexity index is 394. The second-order valence-corrected chi connectivity index (χ2v) is 5.05. The van der Waals surface area contributed by atoms with Gasteiger partial charge in [-0.15, -0.1) is 0 Å². The molecule has 0 bridgehead atoms. The van der Waals surface area contributed by atoms with Crippen molar-refractivity contribution in [3.05, 3.63) is 35.9 Å². The summed E-state index contributed by atoms with van der Waals surface area (Å²) in [7, 11) is 0. The first kappa shape index (κ1) is 15.7. The van der Waals surface area contributed by atoms with E-state index < -0.39 is 11.5 Å². The second kappa shape index (κ2) is 7.26. The number of carboxylic acids is 1. The van der Waals surface area contributed by atoms with E-state index in [-0.39, 0.29) is 6.61 Å². The van der Waals surface area contributed by atoms with Crippen LogP contribution in [0.4, 0.5) is 0 Å². The second-order valence-electron chi connectivity index (χ2n) is 5.05. The largest absolute Gasteiger partial charge is 0.480 e. The standard InChI is InChI=1S/C15H23NO3/c1-3-7-12(2)10-19-11-15(16,14(17)18)13-8-5-4-6-9-13/h4-6,8-9,12H,3,7,10-11,16H2,1-2H3,(H,17,18). The molecule has 0 spiro atoms. The third kappa shape index (κ3) is 4.33. The third-order valence-corrected chi connectivity index (χ3v) is 3.18. The van der Waals surface area contributed by atoms with Crippen LogP contribution in [-0.2, 0) is 15.1 Å². The summed E-state index contributed by atoms with van der Waals surface area (Å²) in [5.41, 5.74) is 5.08. The fourth-order valence-electron chi connectivity index (χ4n) is 2.00. The summed E-state index contributed by atoms with van der Waals surface area (Å²) in [5, 5.41) is 9.35. The number of rotatable bonds is 8. The lowest BCUT2D eigenvalue weighted by Crippen LogP contribution is -2.49. The van der Waals surface area contributed by atoms with Gasteiger partial charge in [-0.25, -0.2) is 4.79 Å². The lowest BCUT2D eigenvalue weighted by atomic mass is 9.92. The quantitative estimate of drug-likeness (QED) is 0.757. The first-order valence-corrected chi connectivity index (χ1v) is 6.66. The first-order chi connectivity index (χ1) is 9.00. The van der Waals surface area contributed by atoms with E-state index in [1.807, 2.05) is 6.07 Å². The van der Waals surface area contributed by atoms with Crippen LogP contribution in [-0.4, -0.2) is 24.3 Å². The van der Waals surface area contributed by atoms with E-state index in [4.69, 9.17) is 10.5 Å². The van der Waals surface area contributed by atoms with Gasteiger partial charge in [0.1, 0.15) is 0 Å². The van der Waals surface area contributed by atoms with E-state index in [2.05, 4.69) is 13.8 Å². The molecule has 0 aliphatic heterocycles. The average Bonchev–Trinajstić information content (AvgIpc) is 2.39. The predicted octanol–water partition coefficient (Wildman–Crippen LogP) is 2.38. The number of benzene rings is 1. The molecule has 0 aliphatic carbocycles. The molecule has 0 aromatic heterocycles. The van der Waals surface area contributed by atoms with Crippen LogP contribution in [0, 0.1) is 5.92 Å². The number of nitrogens with two attached hydrogens (primary N) is 1. The maximum atomic E-state index is 11.4. The van der Waals surface area contributed by atoms with E-state index in [1.165, 1.54) is 0 Å². The molecule has 106 valence electrons. The predicted molar refractivity (Wildman–Crippen MR) is 74.8 cm³/mol. The molecule has 0 radical (unpaired) electrons. The summed E-state index contributed by atoms with van der Waals surface area (Å²) in [6.45, 7) is 4.73. The summed E-state index contributed by atoms with van der Waals surface area (Å²) in [4.78, 5) is 11.4. The first-order valence-electron chi connectivity index (χ1n) is 6.66. The Kier molecular flexibility index (Phi) is 5.99. The number of carbonyl (C=O) groups is 1. The Hall–Kier alpha value is -1.39. The Balaban J connectivity index is 2.66. The SMILES string of the molecule is CCCC(C)COCC(N)(C(=O)O)c1ccccc1. The zero-order valence-corrected chi connectivity index (χ0v) is 11.6. The van der Waals surface area contributed by atoms with Crippen molar-refractivity contribution in [3.8, 4) is 0 Å². The summed E-state index contributed by atoms with van der Waals surface area (Å²) in [6.07, 6.45) is 2.16. The fraction of sp³-hybridized carbons (Fsp3) is 0.533. The summed E-state index contributed by atoms with van der Waals surface area (Å²) >= 11 is 0. The fourth-order valence-corrected chi connectivity index (χ4v) is 2.00. The molecule has 0 heterocycles. The minimum Gasteiger partial charge on any atom is -0.480 e. The van der Waals surface area contributed by atoms with Gasteiger partial charge in [0.25, 0.3) is 0 Å². The van der Waals surface area contributed by atoms with Crippen molar-refractivity contribution >= 4 is 5.97 Å². The number of aliphatic carboxylic acids is 1. The van der Waals surface area contributed by atoms with Gasteiger partial charge in [0, 0.05) is 6.61 Å². The van der Waals surface area contributed by atoms with Crippen LogP contribution in [0.25, 0.3) is 0 Å². The molecule has 1 aromatic rings. The Labute approximate surface area is 114 Å². The number of ether oxygens (including phenoxy) is 1. The highest BCUT2D eigenvalue weighted by molar-refractivity contribution is 5.80. The van der Waals surface area contributed by atoms with Crippen LogP contribution in [0.1, 0.15) is 32.3 Å². The van der Waals surface area contributed by atoms with Gasteiger partial charge in [-0.05, 0) is 17.9 Å². The molecule has 2 atom stereocenters. The number of carboxylic acid groups (broad SMARTS) is 1. The van der Waals surface area contributed by atoms with Crippen molar-refractivity contribution in [2.45, 2.75) is 32.2 Å². The minimum absolute atomic E-state index is 0.0135. The zero-order valence-electron chi connectivity index (χ0n) is 11.6. The maximum absolute atomic E-state index is 11.4. The molecule has 0 fully saturated rings. The van der Waals surface area contributed by atoms with Crippen molar-refractivity contribution in [3.63, 3.8) is 0 Å². The minimum atomic E-state index is -1.48. The molecular formula is C15H23NO3. The summed E-state index contributed by atoms with van der Waals surface area (Å²) in [5.74, 6) is -0.652. The van der Waals surface area contributed by atoms with Crippen LogP contribution >= 0.6 is 0 Å². The van der Waals surface area contributed by atoms with E-state index in [0.717, 1.165) is 12.8 Å². The van der Waals surface area contributed by atoms with Gasteiger partial charge in [0.05, 0.1) is 6.61 Å². The van der Waals surface area contributed by atoms with Gasteiger partial charge in [0.2, 0.25) is 0 Å². The molecule has 0 saturated heterocycles. The van der Waals surface area contributed by atoms with Crippen molar-refractivity contribution in [1.82, 2.24) is 0 Å². The monoisotopic (exact) mass is 265 g/mol. The molecule has 2 unspecified atom stereocenters. The molecule has 0 amide bonds. The average molecular weight is 265 g/mol. The molecule has 1 aromatic carbocycles. The zero-order chi connectivity index (χ0) is 14.3. The molecule has 4 nitrogen and oxygen atoms in total. The Morgan fingerprint density at radius 1 is 1.42 bits per heavy atom. The lowest BCUT2D eigenvalue weighted by molar-refractivity contribution is -0.146. The van der Waals surface area contributed by atoms with Gasteiger partial charge in [-0.3, -0.25) is 0 Å². The van der Waals surface area contributed by atoms with Crippen LogP contribution in [0.15, 0.2) is 30.3 Å². The summed E-state index contributed by atoms with van der Waals surface area (Å²) in [6, 6.07) is 8.81. The molecule has 19 heavy (non-hydrogen) atoms. The molecule has 0 saturated carbocycles. The third-order valence-electron chi connectivity index (χ3n) is 3.18. The highest BCUT2D eigenvalue weighted by atomic mass is 16.5. The van der Waals surface area contributed by atoms with Gasteiger partial charge < -0.3 is 15.6 Å². The van der Waals surface area contributed by atoms with Crippen LogP contribution in [0.3, 0.4) is 0 Å². The number of hydrogen-bond donors (Lipinski definition) is 2. The highest BCUT2D eigenvalue weighted by Gasteiger charge is 2.36. The van der Waals surface area contributed by atoms with Gasteiger partial charge in [0.15, 0.2) is 5.54 Å². The van der Waals surface area contributed by atoms with E-state index >= 15 is 0 Å². The van der Waals surface area contributed by atoms with Crippen LogP contribution in [0.2, 0.25) is 0 Å². The smallest absolute Gasteiger partial charge is 0.330 e. The van der Waals surface area contributed by atoms with Crippen LogP contribution in [0.5, 0.6) is 0 Å². The summed E-state index contributed by atoms with van der Waals surface area (Å²) < 4.78 is 5.52. The molecule has 3 N–H and O–H groups in total. The van der Waals surface area contributed by atoms with E-state index in [9.17, 15) is 9.90 Å². The Morgan fingerprint density at radius 3 is 2.58 bits per heavy atom. The molecule has 0 aliphatic rings. The number of hydrogen-bond acceptors (Lipinski definition) is 3. The topological polar surface area (TPSA) is 72.5 Å². The molecule has 1 rings (SSSR count). The normalized spacial score (nSPS) is 15.7. The molecule has 4 heteroatoms. The van der Waals surface area contributed by atoms with Crippen LogP contribution < -0.4 is 5.73 Å². The van der Waals surface area contributed by atoms with E-state index in [1.54, 1.807) is 24.3 Å². The maximum Gasteiger partial charge on any atom is 0.330 e. The van der Waals surface area contributed by atoms with E-state index in [0.29, 0.717) is 18.1 Å². The van der Waals surface area contributed by atoms with Crippen molar-refractivity contribution in [2.75, 3.05) is 13.2 Å².